The molecule has 0 heterocycles. The van der Waals surface area contributed by atoms with Gasteiger partial charge < -0.3 is 5.73 Å². The predicted octanol–water partition coefficient (Wildman–Crippen LogP) is 1.13. The molecule has 0 unspecified atom stereocenters. The van der Waals surface area contributed by atoms with Crippen molar-refractivity contribution in [2.24, 2.45) is 5.73 Å². The summed E-state index contributed by atoms with van der Waals surface area (Å²) in [4.78, 5) is 0. The topological polar surface area (TPSA) is 63.4 Å². The van der Waals surface area contributed by atoms with Crippen LogP contribution < -0.4 is 10.0 Å². The van der Waals surface area contributed by atoms with Gasteiger partial charge in [0.2, 0.25) is 0 Å². The number of sulfonamides is 1. The summed E-state index contributed by atoms with van der Waals surface area (Å²) < 4.78 is 47.5. The van der Waals surface area contributed by atoms with Crippen molar-refractivity contribution in [2.45, 2.75) is 12.3 Å². The van der Waals surface area contributed by atoms with Gasteiger partial charge in [-0.1, -0.05) is 12.1 Å². The standard InChI is InChI=1S/C9H12F2N2O2S/c1-13(16(14,15)9(10)11)8-4-2-3-7(5-8)6-12/h2-5,9H,6,12H2,1H3. The van der Waals surface area contributed by atoms with E-state index in [2.05, 4.69) is 0 Å². The van der Waals surface area contributed by atoms with Crippen LogP contribution in [0.1, 0.15) is 5.56 Å². The highest BCUT2D eigenvalue weighted by atomic mass is 32.2. The summed E-state index contributed by atoms with van der Waals surface area (Å²) in [7, 11) is -3.52. The van der Waals surface area contributed by atoms with E-state index in [1.54, 1.807) is 12.1 Å². The smallest absolute Gasteiger partial charge is 0.326 e. The van der Waals surface area contributed by atoms with Crippen molar-refractivity contribution in [3.8, 4) is 0 Å². The molecule has 1 aromatic carbocycles. The molecular weight excluding hydrogens is 238 g/mol. The molecule has 0 aromatic heterocycles. The molecule has 2 N–H and O–H groups in total. The van der Waals surface area contributed by atoms with E-state index in [-0.39, 0.29) is 12.2 Å². The van der Waals surface area contributed by atoms with E-state index >= 15 is 0 Å². The fourth-order valence-electron chi connectivity index (χ4n) is 1.15. The molecule has 0 aliphatic heterocycles. The molecule has 90 valence electrons. The number of alkyl halides is 2. The van der Waals surface area contributed by atoms with Crippen LogP contribution in [-0.2, 0) is 16.6 Å². The molecule has 0 fully saturated rings. The molecule has 7 heteroatoms. The molecule has 0 saturated carbocycles. The predicted molar refractivity (Wildman–Crippen MR) is 57.7 cm³/mol. The molecule has 0 atom stereocenters. The van der Waals surface area contributed by atoms with Crippen LogP contribution >= 0.6 is 0 Å². The van der Waals surface area contributed by atoms with Crippen LogP contribution in [0.15, 0.2) is 24.3 Å². The maximum atomic E-state index is 12.3. The van der Waals surface area contributed by atoms with E-state index in [1.807, 2.05) is 0 Å². The Morgan fingerprint density at radius 1 is 1.44 bits per heavy atom. The van der Waals surface area contributed by atoms with Gasteiger partial charge in [0, 0.05) is 13.6 Å². The van der Waals surface area contributed by atoms with Crippen molar-refractivity contribution in [1.82, 2.24) is 0 Å². The molecular formula is C9H12F2N2O2S. The van der Waals surface area contributed by atoms with Crippen molar-refractivity contribution < 1.29 is 17.2 Å². The minimum atomic E-state index is -4.60. The van der Waals surface area contributed by atoms with Gasteiger partial charge in [0.05, 0.1) is 5.69 Å². The Kier molecular flexibility index (Phi) is 3.82. The Hall–Kier alpha value is -1.21. The monoisotopic (exact) mass is 250 g/mol. The lowest BCUT2D eigenvalue weighted by Crippen LogP contribution is -2.31. The Bertz CT molecular complexity index is 462. The summed E-state index contributed by atoms with van der Waals surface area (Å²) in [5.74, 6) is -3.43. The number of hydrogen-bond acceptors (Lipinski definition) is 3. The van der Waals surface area contributed by atoms with Crippen LogP contribution in [0.4, 0.5) is 14.5 Å². The third kappa shape index (κ3) is 2.48. The zero-order valence-electron chi connectivity index (χ0n) is 8.60. The van der Waals surface area contributed by atoms with Crippen molar-refractivity contribution in [1.29, 1.82) is 0 Å². The lowest BCUT2D eigenvalue weighted by atomic mass is 10.2. The summed E-state index contributed by atoms with van der Waals surface area (Å²) in [6.07, 6.45) is 0. The van der Waals surface area contributed by atoms with Gasteiger partial charge in [0.25, 0.3) is 10.0 Å². The molecule has 16 heavy (non-hydrogen) atoms. The van der Waals surface area contributed by atoms with Gasteiger partial charge in [-0.05, 0) is 17.7 Å². The van der Waals surface area contributed by atoms with Gasteiger partial charge in [0.15, 0.2) is 0 Å². The SMILES string of the molecule is CN(c1cccc(CN)c1)S(=O)(=O)C(F)F. The maximum absolute atomic E-state index is 12.3. The lowest BCUT2D eigenvalue weighted by molar-refractivity contribution is 0.234. The summed E-state index contributed by atoms with van der Waals surface area (Å²) in [6, 6.07) is 6.14. The first kappa shape index (κ1) is 12.9. The second-order valence-corrected chi connectivity index (χ2v) is 5.08. The van der Waals surface area contributed by atoms with Crippen molar-refractivity contribution in [3.63, 3.8) is 0 Å². The van der Waals surface area contributed by atoms with E-state index in [1.165, 1.54) is 12.1 Å². The zero-order valence-corrected chi connectivity index (χ0v) is 9.42. The molecule has 0 saturated heterocycles. The normalized spacial score (nSPS) is 11.8. The number of nitrogens with two attached hydrogens (primary N) is 1. The van der Waals surface area contributed by atoms with Crippen LogP contribution in [0.3, 0.4) is 0 Å². The van der Waals surface area contributed by atoms with E-state index in [9.17, 15) is 17.2 Å². The second-order valence-electron chi connectivity index (χ2n) is 3.15. The first-order valence-electron chi connectivity index (χ1n) is 4.44. The van der Waals surface area contributed by atoms with E-state index in [4.69, 9.17) is 5.73 Å². The van der Waals surface area contributed by atoms with E-state index < -0.39 is 15.8 Å². The quantitative estimate of drug-likeness (QED) is 0.871. The molecule has 1 aromatic rings. The number of rotatable bonds is 4. The highest BCUT2D eigenvalue weighted by molar-refractivity contribution is 7.93. The first-order valence-corrected chi connectivity index (χ1v) is 5.95. The molecule has 0 spiro atoms. The highest BCUT2D eigenvalue weighted by Crippen LogP contribution is 2.21. The van der Waals surface area contributed by atoms with Crippen LogP contribution in [0.25, 0.3) is 0 Å². The molecule has 0 aliphatic rings. The van der Waals surface area contributed by atoms with Crippen LogP contribution in [-0.4, -0.2) is 21.2 Å². The van der Waals surface area contributed by atoms with E-state index in [0.717, 1.165) is 7.05 Å². The molecule has 4 nitrogen and oxygen atoms in total. The Morgan fingerprint density at radius 3 is 2.56 bits per heavy atom. The largest absolute Gasteiger partial charge is 0.355 e. The van der Waals surface area contributed by atoms with Gasteiger partial charge in [-0.3, -0.25) is 4.31 Å². The minimum absolute atomic E-state index is 0.170. The molecule has 0 radical (unpaired) electrons. The second kappa shape index (κ2) is 4.75. The summed E-state index contributed by atoms with van der Waals surface area (Å²) in [5, 5.41) is 0. The van der Waals surface area contributed by atoms with Gasteiger partial charge in [-0.15, -0.1) is 0 Å². The summed E-state index contributed by atoms with van der Waals surface area (Å²) in [5.41, 5.74) is 6.22. The number of nitrogens with zero attached hydrogens (tertiary/aromatic N) is 1. The molecule has 0 amide bonds. The molecule has 1 rings (SSSR count). The van der Waals surface area contributed by atoms with Crippen molar-refractivity contribution in [2.75, 3.05) is 11.4 Å². The van der Waals surface area contributed by atoms with E-state index in [0.29, 0.717) is 9.87 Å². The first-order chi connectivity index (χ1) is 7.39. The third-order valence-electron chi connectivity index (χ3n) is 2.12. The Balaban J connectivity index is 3.10. The zero-order chi connectivity index (χ0) is 12.3. The number of halogens is 2. The Labute approximate surface area is 92.7 Å². The van der Waals surface area contributed by atoms with Gasteiger partial charge >= 0.3 is 5.76 Å². The lowest BCUT2D eigenvalue weighted by Gasteiger charge is -2.19. The summed E-state index contributed by atoms with van der Waals surface area (Å²) >= 11 is 0. The number of hydrogen-bond donors (Lipinski definition) is 1. The summed E-state index contributed by atoms with van der Waals surface area (Å²) in [6.45, 7) is 0.219. The fourth-order valence-corrected chi connectivity index (χ4v) is 1.79. The van der Waals surface area contributed by atoms with Crippen LogP contribution in [0, 0.1) is 0 Å². The van der Waals surface area contributed by atoms with Crippen molar-refractivity contribution in [3.05, 3.63) is 29.8 Å². The van der Waals surface area contributed by atoms with Gasteiger partial charge in [-0.25, -0.2) is 8.42 Å². The molecule has 0 bridgehead atoms. The number of anilines is 1. The van der Waals surface area contributed by atoms with Crippen LogP contribution in [0.2, 0.25) is 0 Å². The van der Waals surface area contributed by atoms with Gasteiger partial charge in [-0.2, -0.15) is 8.78 Å². The van der Waals surface area contributed by atoms with Crippen LogP contribution in [0.5, 0.6) is 0 Å². The Morgan fingerprint density at radius 2 is 2.06 bits per heavy atom. The molecule has 0 aliphatic carbocycles. The highest BCUT2D eigenvalue weighted by Gasteiger charge is 2.29. The number of benzene rings is 1. The third-order valence-corrected chi connectivity index (χ3v) is 3.54. The maximum Gasteiger partial charge on any atom is 0.355 e. The minimum Gasteiger partial charge on any atom is -0.326 e. The average Bonchev–Trinajstić information content (AvgIpc) is 2.27. The fraction of sp³-hybridized carbons (Fsp3) is 0.333. The van der Waals surface area contributed by atoms with Crippen molar-refractivity contribution >= 4 is 15.7 Å². The average molecular weight is 250 g/mol. The van der Waals surface area contributed by atoms with Gasteiger partial charge in [0.1, 0.15) is 0 Å².